The number of nitrogens with two attached hydrogens (primary N) is 1. The zero-order valence-corrected chi connectivity index (χ0v) is 10.2. The molecule has 2 rings (SSSR count). The highest BCUT2D eigenvalue weighted by atomic mass is 79.9. The molecule has 84 valence electrons. The van der Waals surface area contributed by atoms with Gasteiger partial charge in [0.15, 0.2) is 0 Å². The van der Waals surface area contributed by atoms with Crippen molar-refractivity contribution in [2.24, 2.45) is 5.73 Å². The Bertz CT molecular complexity index is 341. The van der Waals surface area contributed by atoms with Crippen molar-refractivity contribution in [3.8, 4) is 0 Å². The number of aromatic nitrogens is 2. The third kappa shape index (κ3) is 2.41. The van der Waals surface area contributed by atoms with E-state index in [1.165, 1.54) is 0 Å². The molecule has 1 aliphatic carbocycles. The van der Waals surface area contributed by atoms with Gasteiger partial charge in [0.2, 0.25) is 0 Å². The second kappa shape index (κ2) is 4.23. The highest BCUT2D eigenvalue weighted by Gasteiger charge is 2.33. The average molecular weight is 274 g/mol. The van der Waals surface area contributed by atoms with Crippen LogP contribution < -0.4 is 5.73 Å². The quantitative estimate of drug-likeness (QED) is 0.858. The summed E-state index contributed by atoms with van der Waals surface area (Å²) in [6.07, 6.45) is 7.60. The highest BCUT2D eigenvalue weighted by molar-refractivity contribution is 9.10. The second-order valence-corrected chi connectivity index (χ2v) is 5.32. The van der Waals surface area contributed by atoms with Gasteiger partial charge in [0.25, 0.3) is 0 Å². The van der Waals surface area contributed by atoms with Gasteiger partial charge in [-0.3, -0.25) is 4.68 Å². The molecule has 0 amide bonds. The van der Waals surface area contributed by atoms with Crippen molar-refractivity contribution in [3.05, 3.63) is 16.9 Å². The summed E-state index contributed by atoms with van der Waals surface area (Å²) in [5.41, 5.74) is 5.67. The van der Waals surface area contributed by atoms with E-state index in [2.05, 4.69) is 21.0 Å². The third-order valence-electron chi connectivity index (χ3n) is 3.11. The van der Waals surface area contributed by atoms with Crippen LogP contribution in [-0.2, 0) is 0 Å². The Balaban J connectivity index is 2.11. The number of aliphatic hydroxyl groups is 1. The van der Waals surface area contributed by atoms with E-state index in [4.69, 9.17) is 5.73 Å². The Labute approximate surface area is 97.6 Å². The minimum Gasteiger partial charge on any atom is -0.394 e. The summed E-state index contributed by atoms with van der Waals surface area (Å²) in [6.45, 7) is 0.0614. The zero-order valence-electron chi connectivity index (χ0n) is 8.56. The fraction of sp³-hybridized carbons (Fsp3) is 0.700. The van der Waals surface area contributed by atoms with Gasteiger partial charge in [-0.25, -0.2) is 0 Å². The Hall–Kier alpha value is -0.390. The van der Waals surface area contributed by atoms with Crippen molar-refractivity contribution in [2.45, 2.75) is 37.3 Å². The van der Waals surface area contributed by atoms with Gasteiger partial charge in [-0.2, -0.15) is 5.10 Å². The van der Waals surface area contributed by atoms with E-state index in [0.29, 0.717) is 6.04 Å². The van der Waals surface area contributed by atoms with Gasteiger partial charge in [0.05, 0.1) is 23.3 Å². The van der Waals surface area contributed by atoms with Gasteiger partial charge in [-0.05, 0) is 41.6 Å². The lowest BCUT2D eigenvalue weighted by atomic mass is 9.80. The summed E-state index contributed by atoms with van der Waals surface area (Å²) in [6, 6.07) is 0.321. The van der Waals surface area contributed by atoms with Crippen LogP contribution in [0.25, 0.3) is 0 Å². The standard InChI is InChI=1S/C10H16BrN3O/c11-8-5-13-14(6-8)9-2-1-3-10(12,4-9)7-15/h5-6,9,15H,1-4,7,12H2. The molecular weight excluding hydrogens is 258 g/mol. The molecule has 5 heteroatoms. The van der Waals surface area contributed by atoms with Crippen molar-refractivity contribution < 1.29 is 5.11 Å². The third-order valence-corrected chi connectivity index (χ3v) is 3.52. The minimum absolute atomic E-state index is 0.0614. The molecule has 1 aromatic rings. The lowest BCUT2D eigenvalue weighted by Crippen LogP contribution is -2.47. The van der Waals surface area contributed by atoms with Crippen molar-refractivity contribution >= 4 is 15.9 Å². The van der Waals surface area contributed by atoms with E-state index >= 15 is 0 Å². The topological polar surface area (TPSA) is 64.1 Å². The maximum Gasteiger partial charge on any atom is 0.0632 e. The number of nitrogens with zero attached hydrogens (tertiary/aromatic N) is 2. The van der Waals surface area contributed by atoms with E-state index in [9.17, 15) is 5.11 Å². The van der Waals surface area contributed by atoms with E-state index < -0.39 is 5.54 Å². The molecule has 0 saturated heterocycles. The molecule has 1 saturated carbocycles. The molecule has 0 aliphatic heterocycles. The van der Waals surface area contributed by atoms with Crippen LogP contribution in [0.15, 0.2) is 16.9 Å². The summed E-state index contributed by atoms with van der Waals surface area (Å²) in [5, 5.41) is 13.5. The van der Waals surface area contributed by atoms with Crippen LogP contribution >= 0.6 is 15.9 Å². The smallest absolute Gasteiger partial charge is 0.0632 e. The molecular formula is C10H16BrN3O. The van der Waals surface area contributed by atoms with Gasteiger partial charge in [0, 0.05) is 11.7 Å². The zero-order chi connectivity index (χ0) is 10.9. The Morgan fingerprint density at radius 1 is 1.73 bits per heavy atom. The molecule has 3 N–H and O–H groups in total. The van der Waals surface area contributed by atoms with Crippen LogP contribution in [-0.4, -0.2) is 27.0 Å². The summed E-state index contributed by atoms with van der Waals surface area (Å²) < 4.78 is 2.93. The lowest BCUT2D eigenvalue weighted by Gasteiger charge is -2.36. The van der Waals surface area contributed by atoms with Gasteiger partial charge in [-0.1, -0.05) is 0 Å². The van der Waals surface area contributed by atoms with Gasteiger partial charge < -0.3 is 10.8 Å². The first kappa shape index (κ1) is 11.1. The molecule has 1 heterocycles. The van der Waals surface area contributed by atoms with E-state index in [1.807, 2.05) is 10.9 Å². The van der Waals surface area contributed by atoms with E-state index in [0.717, 1.165) is 30.2 Å². The maximum absolute atomic E-state index is 9.26. The number of hydrogen-bond acceptors (Lipinski definition) is 3. The van der Waals surface area contributed by atoms with Crippen LogP contribution in [0.2, 0.25) is 0 Å². The van der Waals surface area contributed by atoms with Crippen LogP contribution in [0.4, 0.5) is 0 Å². The molecule has 0 radical (unpaired) electrons. The lowest BCUT2D eigenvalue weighted by molar-refractivity contribution is 0.127. The Kier molecular flexibility index (Phi) is 3.13. The highest BCUT2D eigenvalue weighted by Crippen LogP contribution is 2.33. The molecule has 0 bridgehead atoms. The normalized spacial score (nSPS) is 31.8. The molecule has 4 nitrogen and oxygen atoms in total. The van der Waals surface area contributed by atoms with Crippen molar-refractivity contribution in [1.82, 2.24) is 9.78 Å². The Morgan fingerprint density at radius 3 is 3.13 bits per heavy atom. The predicted molar refractivity (Wildman–Crippen MR) is 61.4 cm³/mol. The van der Waals surface area contributed by atoms with Crippen molar-refractivity contribution in [3.63, 3.8) is 0 Å². The SMILES string of the molecule is NC1(CO)CCCC(n2cc(Br)cn2)C1. The molecule has 1 aliphatic rings. The maximum atomic E-state index is 9.26. The van der Waals surface area contributed by atoms with Gasteiger partial charge in [-0.15, -0.1) is 0 Å². The molecule has 1 aromatic heterocycles. The van der Waals surface area contributed by atoms with Crippen LogP contribution in [0.5, 0.6) is 0 Å². The summed E-state index contributed by atoms with van der Waals surface area (Å²) in [7, 11) is 0. The first-order valence-corrected chi connectivity index (χ1v) is 6.02. The molecule has 2 unspecified atom stereocenters. The van der Waals surface area contributed by atoms with E-state index in [1.54, 1.807) is 6.20 Å². The summed E-state index contributed by atoms with van der Waals surface area (Å²) in [4.78, 5) is 0. The summed E-state index contributed by atoms with van der Waals surface area (Å²) >= 11 is 3.38. The van der Waals surface area contributed by atoms with Gasteiger partial charge in [0.1, 0.15) is 0 Å². The monoisotopic (exact) mass is 273 g/mol. The second-order valence-electron chi connectivity index (χ2n) is 4.41. The number of rotatable bonds is 2. The first-order chi connectivity index (χ1) is 7.13. The molecule has 15 heavy (non-hydrogen) atoms. The largest absolute Gasteiger partial charge is 0.394 e. The van der Waals surface area contributed by atoms with Gasteiger partial charge >= 0.3 is 0 Å². The molecule has 1 fully saturated rings. The van der Waals surface area contributed by atoms with Crippen LogP contribution in [0.3, 0.4) is 0 Å². The minimum atomic E-state index is -0.415. The van der Waals surface area contributed by atoms with Crippen LogP contribution in [0, 0.1) is 0 Å². The summed E-state index contributed by atoms with van der Waals surface area (Å²) in [5.74, 6) is 0. The number of halogens is 1. The van der Waals surface area contributed by atoms with Crippen molar-refractivity contribution in [1.29, 1.82) is 0 Å². The molecule has 0 aromatic carbocycles. The number of aliphatic hydroxyl groups excluding tert-OH is 1. The first-order valence-electron chi connectivity index (χ1n) is 5.22. The van der Waals surface area contributed by atoms with Crippen LogP contribution in [0.1, 0.15) is 31.7 Å². The van der Waals surface area contributed by atoms with Crippen molar-refractivity contribution in [2.75, 3.05) is 6.61 Å². The predicted octanol–water partition coefficient (Wildman–Crippen LogP) is 1.45. The Morgan fingerprint density at radius 2 is 2.53 bits per heavy atom. The molecule has 2 atom stereocenters. The molecule has 0 spiro atoms. The average Bonchev–Trinajstić information content (AvgIpc) is 2.65. The van der Waals surface area contributed by atoms with E-state index in [-0.39, 0.29) is 6.61 Å². The fourth-order valence-corrected chi connectivity index (χ4v) is 2.55. The fourth-order valence-electron chi connectivity index (χ4n) is 2.25. The number of hydrogen-bond donors (Lipinski definition) is 2.